The molecule has 4 nitrogen and oxygen atoms in total. The van der Waals surface area contributed by atoms with E-state index in [1.807, 2.05) is 0 Å². The van der Waals surface area contributed by atoms with Crippen molar-refractivity contribution in [1.82, 2.24) is 4.98 Å². The van der Waals surface area contributed by atoms with Gasteiger partial charge in [0.15, 0.2) is 5.82 Å². The Morgan fingerprint density at radius 1 is 1.50 bits per heavy atom. The van der Waals surface area contributed by atoms with Gasteiger partial charge in [-0.15, -0.1) is 0 Å². The van der Waals surface area contributed by atoms with E-state index in [9.17, 15) is 0 Å². The van der Waals surface area contributed by atoms with E-state index in [1.165, 1.54) is 0 Å². The highest BCUT2D eigenvalue weighted by atomic mass is 35.5. The number of halogens is 1. The molecule has 0 aliphatic heterocycles. The highest BCUT2D eigenvalue weighted by Gasteiger charge is 2.14. The summed E-state index contributed by atoms with van der Waals surface area (Å²) in [6, 6.07) is 3.76. The van der Waals surface area contributed by atoms with Crippen LogP contribution in [0.2, 0.25) is 5.15 Å². The Bertz CT molecular complexity index is 344. The number of nitrogen functional groups attached to an aromatic ring is 1. The lowest BCUT2D eigenvalue weighted by molar-refractivity contribution is 0.203. The van der Waals surface area contributed by atoms with Crippen molar-refractivity contribution in [2.45, 2.75) is 19.9 Å². The minimum Gasteiger partial charge on any atom is -0.396 e. The zero-order valence-corrected chi connectivity index (χ0v) is 10.7. The lowest BCUT2D eigenvalue weighted by atomic mass is 10.3. The molecule has 0 saturated heterocycles. The Kier molecular flexibility index (Phi) is 4.83. The Morgan fingerprint density at radius 3 is 2.75 bits per heavy atom. The molecule has 0 fully saturated rings. The van der Waals surface area contributed by atoms with Crippen LogP contribution in [-0.2, 0) is 4.74 Å². The van der Waals surface area contributed by atoms with Gasteiger partial charge in [-0.25, -0.2) is 4.98 Å². The fourth-order valence-corrected chi connectivity index (χ4v) is 1.61. The summed E-state index contributed by atoms with van der Waals surface area (Å²) in [5, 5.41) is 0.451. The SMILES string of the molecule is COCCN(c1nc(Cl)ccc1N)C(C)C. The van der Waals surface area contributed by atoms with Gasteiger partial charge in [-0.2, -0.15) is 0 Å². The van der Waals surface area contributed by atoms with Gasteiger partial charge in [0.2, 0.25) is 0 Å². The molecular formula is C11H18ClN3O. The molecule has 16 heavy (non-hydrogen) atoms. The van der Waals surface area contributed by atoms with E-state index in [0.717, 1.165) is 12.4 Å². The van der Waals surface area contributed by atoms with Crippen LogP contribution in [0.4, 0.5) is 11.5 Å². The molecule has 0 aliphatic rings. The number of hydrogen-bond acceptors (Lipinski definition) is 4. The molecule has 0 saturated carbocycles. The van der Waals surface area contributed by atoms with Crippen LogP contribution in [0, 0.1) is 0 Å². The van der Waals surface area contributed by atoms with Crippen molar-refractivity contribution in [3.8, 4) is 0 Å². The summed E-state index contributed by atoms with van der Waals surface area (Å²) in [6.07, 6.45) is 0. The highest BCUT2D eigenvalue weighted by molar-refractivity contribution is 6.29. The van der Waals surface area contributed by atoms with Gasteiger partial charge >= 0.3 is 0 Å². The highest BCUT2D eigenvalue weighted by Crippen LogP contribution is 2.24. The number of rotatable bonds is 5. The molecule has 0 unspecified atom stereocenters. The Balaban J connectivity index is 2.95. The second-order valence-electron chi connectivity index (χ2n) is 3.83. The van der Waals surface area contributed by atoms with Crippen LogP contribution in [-0.4, -0.2) is 31.3 Å². The maximum atomic E-state index is 5.90. The van der Waals surface area contributed by atoms with E-state index in [4.69, 9.17) is 22.1 Å². The Hall–Kier alpha value is -1.00. The molecule has 1 aromatic heterocycles. The zero-order chi connectivity index (χ0) is 12.1. The number of anilines is 2. The van der Waals surface area contributed by atoms with Crippen LogP contribution in [0.15, 0.2) is 12.1 Å². The van der Waals surface area contributed by atoms with Gasteiger partial charge in [0.05, 0.1) is 12.3 Å². The van der Waals surface area contributed by atoms with Crippen molar-refractivity contribution in [2.75, 3.05) is 30.9 Å². The molecule has 5 heteroatoms. The maximum absolute atomic E-state index is 5.90. The number of ether oxygens (including phenoxy) is 1. The van der Waals surface area contributed by atoms with E-state index in [0.29, 0.717) is 23.5 Å². The third-order valence-electron chi connectivity index (χ3n) is 2.30. The zero-order valence-electron chi connectivity index (χ0n) is 9.90. The molecule has 1 heterocycles. The number of pyridine rings is 1. The smallest absolute Gasteiger partial charge is 0.153 e. The minimum atomic E-state index is 0.295. The molecule has 2 N–H and O–H groups in total. The molecule has 1 aromatic rings. The standard InChI is InChI=1S/C11H18ClN3O/c1-8(2)15(6-7-16-3)11-9(13)4-5-10(12)14-11/h4-5,8H,6-7,13H2,1-3H3. The van der Waals surface area contributed by atoms with Crippen LogP contribution in [0.5, 0.6) is 0 Å². The number of aromatic nitrogens is 1. The van der Waals surface area contributed by atoms with Crippen molar-refractivity contribution < 1.29 is 4.74 Å². The van der Waals surface area contributed by atoms with Crippen molar-refractivity contribution in [3.63, 3.8) is 0 Å². The molecule has 0 atom stereocenters. The number of methoxy groups -OCH3 is 1. The summed E-state index contributed by atoms with van der Waals surface area (Å²) >= 11 is 5.88. The van der Waals surface area contributed by atoms with Crippen molar-refractivity contribution in [3.05, 3.63) is 17.3 Å². The summed E-state index contributed by atoms with van der Waals surface area (Å²) < 4.78 is 5.07. The Labute approximate surface area is 101 Å². The van der Waals surface area contributed by atoms with E-state index < -0.39 is 0 Å². The first kappa shape index (κ1) is 13.1. The van der Waals surface area contributed by atoms with Crippen LogP contribution in [0.1, 0.15) is 13.8 Å². The van der Waals surface area contributed by atoms with Gasteiger partial charge < -0.3 is 15.4 Å². The second-order valence-corrected chi connectivity index (χ2v) is 4.21. The van der Waals surface area contributed by atoms with Gasteiger partial charge in [0.25, 0.3) is 0 Å². The van der Waals surface area contributed by atoms with Gasteiger partial charge in [0.1, 0.15) is 5.15 Å². The number of nitrogens with two attached hydrogens (primary N) is 1. The van der Waals surface area contributed by atoms with E-state index in [-0.39, 0.29) is 0 Å². The predicted molar refractivity (Wildman–Crippen MR) is 68.0 cm³/mol. The minimum absolute atomic E-state index is 0.295. The molecule has 0 spiro atoms. The van der Waals surface area contributed by atoms with Crippen LogP contribution >= 0.6 is 11.6 Å². The normalized spacial score (nSPS) is 10.8. The van der Waals surface area contributed by atoms with Gasteiger partial charge in [-0.3, -0.25) is 0 Å². The molecule has 0 bridgehead atoms. The molecule has 0 aromatic carbocycles. The average molecular weight is 244 g/mol. The van der Waals surface area contributed by atoms with Gasteiger partial charge in [-0.1, -0.05) is 11.6 Å². The Morgan fingerprint density at radius 2 is 2.19 bits per heavy atom. The molecule has 0 amide bonds. The first-order valence-corrected chi connectivity index (χ1v) is 5.61. The van der Waals surface area contributed by atoms with E-state index in [1.54, 1.807) is 19.2 Å². The number of nitrogens with zero attached hydrogens (tertiary/aromatic N) is 2. The topological polar surface area (TPSA) is 51.4 Å². The first-order chi connectivity index (χ1) is 7.56. The largest absolute Gasteiger partial charge is 0.396 e. The van der Waals surface area contributed by atoms with E-state index >= 15 is 0 Å². The molecule has 90 valence electrons. The van der Waals surface area contributed by atoms with Crippen LogP contribution in [0.25, 0.3) is 0 Å². The fourth-order valence-electron chi connectivity index (χ4n) is 1.46. The molecule has 0 radical (unpaired) electrons. The second kappa shape index (κ2) is 5.92. The van der Waals surface area contributed by atoms with Crippen molar-refractivity contribution in [1.29, 1.82) is 0 Å². The molecule has 0 aliphatic carbocycles. The third kappa shape index (κ3) is 3.25. The van der Waals surface area contributed by atoms with Crippen molar-refractivity contribution in [2.24, 2.45) is 0 Å². The quantitative estimate of drug-likeness (QED) is 0.806. The summed E-state index contributed by atoms with van der Waals surface area (Å²) in [5.41, 5.74) is 6.53. The van der Waals surface area contributed by atoms with Gasteiger partial charge in [-0.05, 0) is 26.0 Å². The van der Waals surface area contributed by atoms with E-state index in [2.05, 4.69) is 23.7 Å². The number of hydrogen-bond donors (Lipinski definition) is 1. The lowest BCUT2D eigenvalue weighted by Crippen LogP contribution is -2.35. The van der Waals surface area contributed by atoms with Crippen LogP contribution < -0.4 is 10.6 Å². The third-order valence-corrected chi connectivity index (χ3v) is 2.51. The fraction of sp³-hybridized carbons (Fsp3) is 0.545. The monoisotopic (exact) mass is 243 g/mol. The summed E-state index contributed by atoms with van der Waals surface area (Å²) in [5.74, 6) is 0.722. The van der Waals surface area contributed by atoms with Crippen molar-refractivity contribution >= 4 is 23.1 Å². The first-order valence-electron chi connectivity index (χ1n) is 5.24. The van der Waals surface area contributed by atoms with Crippen LogP contribution in [0.3, 0.4) is 0 Å². The summed E-state index contributed by atoms with van der Waals surface area (Å²) in [4.78, 5) is 6.33. The molecular weight excluding hydrogens is 226 g/mol. The maximum Gasteiger partial charge on any atom is 0.153 e. The lowest BCUT2D eigenvalue weighted by Gasteiger charge is -2.28. The summed E-state index contributed by atoms with van der Waals surface area (Å²) in [6.45, 7) is 5.53. The molecule has 1 rings (SSSR count). The van der Waals surface area contributed by atoms with Gasteiger partial charge in [0, 0.05) is 19.7 Å². The average Bonchev–Trinajstić information content (AvgIpc) is 2.23. The predicted octanol–water partition coefficient (Wildman–Crippen LogP) is 2.18. The summed E-state index contributed by atoms with van der Waals surface area (Å²) in [7, 11) is 1.67.